The van der Waals surface area contributed by atoms with Crippen LogP contribution in [-0.4, -0.2) is 42.8 Å². The first-order valence-electron chi connectivity index (χ1n) is 15.8. The summed E-state index contributed by atoms with van der Waals surface area (Å²) in [6.45, 7) is 10.5. The fourth-order valence-electron chi connectivity index (χ4n) is 8.72. The number of rotatable bonds is 3. The maximum absolute atomic E-state index is 11.5. The summed E-state index contributed by atoms with van der Waals surface area (Å²) in [5, 5.41) is 11.2. The lowest BCUT2D eigenvalue weighted by molar-refractivity contribution is -0.312. The van der Waals surface area contributed by atoms with E-state index >= 15 is 0 Å². The summed E-state index contributed by atoms with van der Waals surface area (Å²) in [6.07, 6.45) is 11.1. The third-order valence-corrected chi connectivity index (χ3v) is 10.9. The van der Waals surface area contributed by atoms with Crippen LogP contribution in [0.4, 0.5) is 0 Å². The summed E-state index contributed by atoms with van der Waals surface area (Å²) in [6, 6.07) is 8.68. The van der Waals surface area contributed by atoms with E-state index in [1.165, 1.54) is 24.5 Å². The Kier molecular flexibility index (Phi) is 7.72. The highest BCUT2D eigenvalue weighted by Gasteiger charge is 2.57. The van der Waals surface area contributed by atoms with E-state index in [-0.39, 0.29) is 22.9 Å². The summed E-state index contributed by atoms with van der Waals surface area (Å²) < 4.78 is 17.9. The van der Waals surface area contributed by atoms with Crippen LogP contribution in [-0.2, 0) is 19.0 Å². The molecule has 0 amide bonds. The van der Waals surface area contributed by atoms with E-state index in [2.05, 4.69) is 56.9 Å². The van der Waals surface area contributed by atoms with Gasteiger partial charge in [0, 0.05) is 35.8 Å². The molecule has 1 aromatic carbocycles. The number of allylic oxidation sites excluding steroid dienone is 3. The Morgan fingerprint density at radius 1 is 1.07 bits per heavy atom. The van der Waals surface area contributed by atoms with Gasteiger partial charge in [0.1, 0.15) is 0 Å². The number of fused-ring (bicyclic) bond motifs is 4. The minimum Gasteiger partial charge on any atom is -0.463 e. The minimum atomic E-state index is -0.415. The van der Waals surface area contributed by atoms with E-state index in [0.29, 0.717) is 30.3 Å². The van der Waals surface area contributed by atoms with Crippen molar-refractivity contribution in [2.75, 3.05) is 19.8 Å². The molecule has 4 fully saturated rings. The van der Waals surface area contributed by atoms with E-state index < -0.39 is 5.79 Å². The Labute approximate surface area is 245 Å². The van der Waals surface area contributed by atoms with Crippen molar-refractivity contribution >= 4 is 5.97 Å². The monoisotopic (exact) mass is 558 g/mol. The quantitative estimate of drug-likeness (QED) is 0.194. The van der Waals surface area contributed by atoms with Crippen molar-refractivity contribution in [1.29, 1.82) is 0 Å². The van der Waals surface area contributed by atoms with Crippen molar-refractivity contribution in [3.63, 3.8) is 0 Å². The molecule has 6 unspecified atom stereocenters. The zero-order valence-corrected chi connectivity index (χ0v) is 25.2. The number of ether oxygens (including phenoxy) is 3. The lowest BCUT2D eigenvalue weighted by Crippen LogP contribution is -2.52. The number of aliphatic hydroxyl groups is 1. The van der Waals surface area contributed by atoms with Gasteiger partial charge in [-0.15, -0.1) is 0 Å². The summed E-state index contributed by atoms with van der Waals surface area (Å²) in [7, 11) is 0. The summed E-state index contributed by atoms with van der Waals surface area (Å²) in [5.74, 6) is 7.26. The normalized spacial score (nSPS) is 35.3. The molecule has 5 aliphatic rings. The predicted octanol–water partition coefficient (Wildman–Crippen LogP) is 6.70. The van der Waals surface area contributed by atoms with E-state index in [1.807, 2.05) is 0 Å². The van der Waals surface area contributed by atoms with Gasteiger partial charge in [0.2, 0.25) is 0 Å². The first kappa shape index (κ1) is 28.7. The molecule has 5 nitrogen and oxygen atoms in total. The second-order valence-electron chi connectivity index (χ2n) is 14.2. The van der Waals surface area contributed by atoms with Gasteiger partial charge < -0.3 is 19.3 Å². The van der Waals surface area contributed by atoms with Crippen molar-refractivity contribution in [1.82, 2.24) is 0 Å². The van der Waals surface area contributed by atoms with E-state index in [9.17, 15) is 9.90 Å². The molecule has 0 bridgehead atoms. The fraction of sp³-hybridized carbons (Fsp3) is 0.639. The Balaban J connectivity index is 1.29. The number of aliphatic hydroxyl groups excluding tert-OH is 1. The first-order chi connectivity index (χ1) is 19.6. The van der Waals surface area contributed by atoms with Gasteiger partial charge >= 0.3 is 5.97 Å². The summed E-state index contributed by atoms with van der Waals surface area (Å²) >= 11 is 0. The molecule has 0 aromatic heterocycles. The average molecular weight is 559 g/mol. The van der Waals surface area contributed by atoms with Crippen molar-refractivity contribution < 1.29 is 24.1 Å². The van der Waals surface area contributed by atoms with Crippen LogP contribution in [0.3, 0.4) is 0 Å². The molecule has 4 aliphatic carbocycles. The molecule has 1 aromatic rings. The van der Waals surface area contributed by atoms with Gasteiger partial charge in [-0.05, 0) is 92.4 Å². The van der Waals surface area contributed by atoms with E-state index in [1.54, 1.807) is 24.1 Å². The Hall–Kier alpha value is -2.39. The summed E-state index contributed by atoms with van der Waals surface area (Å²) in [5.41, 5.74) is 5.65. The highest BCUT2D eigenvalue weighted by atomic mass is 16.7. The zero-order valence-electron chi connectivity index (χ0n) is 25.2. The SMILES string of the molecule is CCOC(=O)/C=C/C#Cc1ccc(C2CC3(C)C(O)CCC3C3CCC4CC5(CCC4=C23)OCC(C)(C)CO5)cc1. The van der Waals surface area contributed by atoms with Gasteiger partial charge in [-0.25, -0.2) is 4.79 Å². The van der Waals surface area contributed by atoms with Gasteiger partial charge in [0.05, 0.1) is 25.9 Å². The van der Waals surface area contributed by atoms with Gasteiger partial charge in [0.25, 0.3) is 0 Å². The molecule has 5 heteroatoms. The number of hydrogen-bond donors (Lipinski definition) is 1. The third kappa shape index (κ3) is 5.44. The molecule has 1 aliphatic heterocycles. The van der Waals surface area contributed by atoms with Crippen LogP contribution in [0, 0.1) is 40.4 Å². The number of benzene rings is 1. The number of hydrogen-bond acceptors (Lipinski definition) is 5. The number of esters is 1. The van der Waals surface area contributed by atoms with Crippen LogP contribution >= 0.6 is 0 Å². The molecule has 6 rings (SSSR count). The largest absolute Gasteiger partial charge is 0.463 e. The molecule has 220 valence electrons. The van der Waals surface area contributed by atoms with Gasteiger partial charge in [0.15, 0.2) is 5.79 Å². The van der Waals surface area contributed by atoms with Crippen LogP contribution in [0.25, 0.3) is 0 Å². The molecule has 1 saturated heterocycles. The van der Waals surface area contributed by atoms with Crippen molar-refractivity contribution in [3.8, 4) is 11.8 Å². The van der Waals surface area contributed by atoms with Gasteiger partial charge in [-0.3, -0.25) is 0 Å². The highest BCUT2D eigenvalue weighted by Crippen LogP contribution is 2.65. The lowest BCUT2D eigenvalue weighted by atomic mass is 9.52. The van der Waals surface area contributed by atoms with Crippen molar-refractivity contribution in [2.24, 2.45) is 28.6 Å². The Morgan fingerprint density at radius 2 is 1.83 bits per heavy atom. The topological polar surface area (TPSA) is 65.0 Å². The van der Waals surface area contributed by atoms with Crippen LogP contribution < -0.4 is 0 Å². The number of carbonyl (C=O) groups is 1. The lowest BCUT2D eigenvalue weighted by Gasteiger charge is -2.55. The maximum Gasteiger partial charge on any atom is 0.331 e. The fourth-order valence-corrected chi connectivity index (χ4v) is 8.72. The zero-order chi connectivity index (χ0) is 28.8. The van der Waals surface area contributed by atoms with Crippen LogP contribution in [0.1, 0.15) is 96.1 Å². The van der Waals surface area contributed by atoms with E-state index in [4.69, 9.17) is 14.2 Å². The maximum atomic E-state index is 11.5. The predicted molar refractivity (Wildman–Crippen MR) is 159 cm³/mol. The summed E-state index contributed by atoms with van der Waals surface area (Å²) in [4.78, 5) is 11.5. The van der Waals surface area contributed by atoms with Crippen molar-refractivity contribution in [2.45, 2.75) is 96.9 Å². The van der Waals surface area contributed by atoms with Crippen molar-refractivity contribution in [3.05, 3.63) is 58.7 Å². The smallest absolute Gasteiger partial charge is 0.331 e. The second-order valence-corrected chi connectivity index (χ2v) is 14.2. The highest BCUT2D eigenvalue weighted by molar-refractivity contribution is 5.82. The van der Waals surface area contributed by atoms with Gasteiger partial charge in [-0.1, -0.05) is 55.9 Å². The molecule has 1 spiro atoms. The Bertz CT molecular complexity index is 1270. The third-order valence-electron chi connectivity index (χ3n) is 10.9. The van der Waals surface area contributed by atoms with E-state index in [0.717, 1.165) is 57.3 Å². The Morgan fingerprint density at radius 3 is 2.56 bits per heavy atom. The average Bonchev–Trinajstić information content (AvgIpc) is 3.26. The standard InChI is InChI=1S/C36H46O5/c1-5-39-32(38)9-7-6-8-24-10-12-25(13-11-24)29-21-35(4)30(16-17-31(35)37)28-15-14-26-20-36(19-18-27(26)33(28)29)40-22-34(2,3)23-41-36/h7,9-13,26,28-31,37H,5,14-23H2,1-4H3/b9-7+. The molecule has 41 heavy (non-hydrogen) atoms. The molecular formula is C36H46O5. The molecule has 1 heterocycles. The first-order valence-corrected chi connectivity index (χ1v) is 15.8. The molecule has 3 saturated carbocycles. The van der Waals surface area contributed by atoms with Crippen LogP contribution in [0.15, 0.2) is 47.6 Å². The molecule has 0 radical (unpaired) electrons. The van der Waals surface area contributed by atoms with Crippen LogP contribution in [0.5, 0.6) is 0 Å². The molecule has 6 atom stereocenters. The number of carbonyl (C=O) groups excluding carboxylic acids is 1. The second kappa shape index (κ2) is 11.0. The van der Waals surface area contributed by atoms with Gasteiger partial charge in [-0.2, -0.15) is 0 Å². The molecular weight excluding hydrogens is 512 g/mol. The minimum absolute atomic E-state index is 0.0420. The molecule has 1 N–H and O–H groups in total. The van der Waals surface area contributed by atoms with Crippen LogP contribution in [0.2, 0.25) is 0 Å².